The van der Waals surface area contributed by atoms with Crippen molar-refractivity contribution in [2.75, 3.05) is 24.4 Å². The number of aromatic nitrogens is 3. The Labute approximate surface area is 186 Å². The number of amides is 2. The number of hydrogen-bond acceptors (Lipinski definition) is 6. The second kappa shape index (κ2) is 9.50. The van der Waals surface area contributed by atoms with Gasteiger partial charge in [0.05, 0.1) is 10.6 Å². The molecular weight excluding hydrogens is 433 g/mol. The van der Waals surface area contributed by atoms with Crippen molar-refractivity contribution in [3.8, 4) is 16.4 Å². The molecule has 2 heterocycles. The highest BCUT2D eigenvalue weighted by atomic mass is 32.1. The molecule has 0 unspecified atom stereocenters. The fourth-order valence-electron chi connectivity index (χ4n) is 2.95. The Bertz CT molecular complexity index is 1260. The van der Waals surface area contributed by atoms with Crippen LogP contribution in [0.4, 0.5) is 15.8 Å². The first-order valence-electron chi connectivity index (χ1n) is 9.50. The predicted molar refractivity (Wildman–Crippen MR) is 120 cm³/mol. The fraction of sp³-hybridized carbons (Fsp3) is 0.0909. The van der Waals surface area contributed by atoms with Crippen LogP contribution in [0, 0.1) is 5.82 Å². The van der Waals surface area contributed by atoms with Crippen LogP contribution in [-0.4, -0.2) is 40.3 Å². The maximum Gasteiger partial charge on any atom is 0.295 e. The summed E-state index contributed by atoms with van der Waals surface area (Å²) in [6, 6.07) is 16.3. The SMILES string of the molecule is COCC(=O)Nc1cccc(NC(=O)c2nc(-c3cccs3)n(-c3cccc(F)c3)n2)c1. The zero-order chi connectivity index (χ0) is 22.5. The summed E-state index contributed by atoms with van der Waals surface area (Å²) in [5, 5.41) is 11.6. The zero-order valence-electron chi connectivity index (χ0n) is 16.9. The molecule has 0 spiro atoms. The van der Waals surface area contributed by atoms with Crippen LogP contribution >= 0.6 is 11.3 Å². The van der Waals surface area contributed by atoms with Crippen molar-refractivity contribution in [1.82, 2.24) is 14.8 Å². The molecule has 32 heavy (non-hydrogen) atoms. The van der Waals surface area contributed by atoms with Crippen molar-refractivity contribution < 1.29 is 18.7 Å². The van der Waals surface area contributed by atoms with Crippen molar-refractivity contribution in [2.45, 2.75) is 0 Å². The maximum atomic E-state index is 13.8. The lowest BCUT2D eigenvalue weighted by atomic mass is 10.2. The van der Waals surface area contributed by atoms with Crippen LogP contribution in [0.1, 0.15) is 10.6 Å². The van der Waals surface area contributed by atoms with Crippen molar-refractivity contribution in [2.24, 2.45) is 0 Å². The van der Waals surface area contributed by atoms with E-state index in [1.54, 1.807) is 36.4 Å². The van der Waals surface area contributed by atoms with E-state index in [0.717, 1.165) is 4.88 Å². The van der Waals surface area contributed by atoms with Gasteiger partial charge in [0.1, 0.15) is 12.4 Å². The number of carbonyl (C=O) groups excluding carboxylic acids is 2. The molecule has 0 fully saturated rings. The molecule has 10 heteroatoms. The van der Waals surface area contributed by atoms with E-state index in [1.807, 2.05) is 17.5 Å². The third kappa shape index (κ3) is 4.88. The molecule has 0 aliphatic rings. The fourth-order valence-corrected chi connectivity index (χ4v) is 3.65. The molecule has 2 aromatic heterocycles. The van der Waals surface area contributed by atoms with Gasteiger partial charge >= 0.3 is 0 Å². The quantitative estimate of drug-likeness (QED) is 0.443. The number of methoxy groups -OCH3 is 1. The van der Waals surface area contributed by atoms with Gasteiger partial charge < -0.3 is 15.4 Å². The Morgan fingerprint density at radius 3 is 2.56 bits per heavy atom. The molecule has 0 atom stereocenters. The molecule has 2 aromatic carbocycles. The Balaban J connectivity index is 1.61. The number of anilines is 2. The number of hydrogen-bond donors (Lipinski definition) is 2. The Kier molecular flexibility index (Phi) is 6.34. The summed E-state index contributed by atoms with van der Waals surface area (Å²) >= 11 is 1.43. The maximum absolute atomic E-state index is 13.8. The first kappa shape index (κ1) is 21.3. The second-order valence-electron chi connectivity index (χ2n) is 6.64. The number of rotatable bonds is 7. The molecule has 0 radical (unpaired) electrons. The van der Waals surface area contributed by atoms with E-state index < -0.39 is 11.7 Å². The van der Waals surface area contributed by atoms with Crippen LogP contribution in [0.15, 0.2) is 66.0 Å². The summed E-state index contributed by atoms with van der Waals surface area (Å²) < 4.78 is 20.0. The highest BCUT2D eigenvalue weighted by Gasteiger charge is 2.20. The lowest BCUT2D eigenvalue weighted by Crippen LogP contribution is -2.18. The van der Waals surface area contributed by atoms with Gasteiger partial charge in [-0.15, -0.1) is 16.4 Å². The van der Waals surface area contributed by atoms with Gasteiger partial charge in [0.2, 0.25) is 11.7 Å². The van der Waals surface area contributed by atoms with Crippen LogP contribution in [-0.2, 0) is 9.53 Å². The van der Waals surface area contributed by atoms with Crippen molar-refractivity contribution in [3.05, 3.63) is 77.7 Å². The molecule has 0 bridgehead atoms. The van der Waals surface area contributed by atoms with Gasteiger partial charge in [-0.1, -0.05) is 18.2 Å². The van der Waals surface area contributed by atoms with E-state index in [1.165, 1.54) is 35.3 Å². The summed E-state index contributed by atoms with van der Waals surface area (Å²) in [5.74, 6) is -0.929. The molecule has 0 saturated carbocycles. The molecule has 4 aromatic rings. The summed E-state index contributed by atoms with van der Waals surface area (Å²) in [6.45, 7) is -0.0798. The average Bonchev–Trinajstić information content (AvgIpc) is 3.44. The highest BCUT2D eigenvalue weighted by Crippen LogP contribution is 2.26. The number of carbonyl (C=O) groups is 2. The van der Waals surface area contributed by atoms with E-state index in [4.69, 9.17) is 4.74 Å². The summed E-state index contributed by atoms with van der Waals surface area (Å²) in [6.07, 6.45) is 0. The van der Waals surface area contributed by atoms with E-state index in [2.05, 4.69) is 20.7 Å². The standard InChI is InChI=1S/C22H18FN5O3S/c1-31-13-19(29)24-15-6-3-7-16(12-15)25-22(30)20-26-21(18-9-4-10-32-18)28(27-20)17-8-2-5-14(23)11-17/h2-12H,13H2,1H3,(H,24,29)(H,25,30). The van der Waals surface area contributed by atoms with Crippen LogP contribution in [0.25, 0.3) is 16.4 Å². The van der Waals surface area contributed by atoms with Gasteiger partial charge in [-0.2, -0.15) is 0 Å². The van der Waals surface area contributed by atoms with E-state index in [0.29, 0.717) is 22.9 Å². The first-order valence-corrected chi connectivity index (χ1v) is 10.4. The molecular formula is C22H18FN5O3S. The lowest BCUT2D eigenvalue weighted by Gasteiger charge is -2.07. The van der Waals surface area contributed by atoms with Crippen LogP contribution in [0.2, 0.25) is 0 Å². The Hall–Kier alpha value is -3.89. The molecule has 162 valence electrons. The Morgan fingerprint density at radius 1 is 1.06 bits per heavy atom. The summed E-state index contributed by atoms with van der Waals surface area (Å²) in [7, 11) is 1.43. The predicted octanol–water partition coefficient (Wildman–Crippen LogP) is 3.97. The van der Waals surface area contributed by atoms with E-state index >= 15 is 0 Å². The topological polar surface area (TPSA) is 98.1 Å². The van der Waals surface area contributed by atoms with Crippen LogP contribution < -0.4 is 10.6 Å². The summed E-state index contributed by atoms with van der Waals surface area (Å²) in [5.41, 5.74) is 1.40. The molecule has 4 rings (SSSR count). The van der Waals surface area contributed by atoms with Gasteiger partial charge in [0.25, 0.3) is 5.91 Å². The van der Waals surface area contributed by atoms with Gasteiger partial charge in [-0.25, -0.2) is 14.1 Å². The second-order valence-corrected chi connectivity index (χ2v) is 7.59. The van der Waals surface area contributed by atoms with Gasteiger partial charge in [0, 0.05) is 18.5 Å². The highest BCUT2D eigenvalue weighted by molar-refractivity contribution is 7.13. The van der Waals surface area contributed by atoms with Gasteiger partial charge in [-0.3, -0.25) is 9.59 Å². The molecule has 2 amide bonds. The number of benzene rings is 2. The zero-order valence-corrected chi connectivity index (χ0v) is 17.7. The number of nitrogens with zero attached hydrogens (tertiary/aromatic N) is 3. The molecule has 0 aliphatic carbocycles. The van der Waals surface area contributed by atoms with Crippen LogP contribution in [0.3, 0.4) is 0 Å². The smallest absolute Gasteiger partial charge is 0.295 e. The van der Waals surface area contributed by atoms with Crippen LogP contribution in [0.5, 0.6) is 0 Å². The van der Waals surface area contributed by atoms with Gasteiger partial charge in [-0.05, 0) is 47.8 Å². The normalized spacial score (nSPS) is 10.7. The molecule has 0 aliphatic heterocycles. The van der Waals surface area contributed by atoms with Gasteiger partial charge in [0.15, 0.2) is 5.82 Å². The summed E-state index contributed by atoms with van der Waals surface area (Å²) in [4.78, 5) is 29.7. The third-order valence-corrected chi connectivity index (χ3v) is 5.15. The number of thiophene rings is 1. The van der Waals surface area contributed by atoms with E-state index in [9.17, 15) is 14.0 Å². The number of nitrogens with one attached hydrogen (secondary N) is 2. The van der Waals surface area contributed by atoms with Crippen molar-refractivity contribution in [1.29, 1.82) is 0 Å². The third-order valence-electron chi connectivity index (χ3n) is 4.28. The monoisotopic (exact) mass is 451 g/mol. The van der Waals surface area contributed by atoms with Crippen molar-refractivity contribution in [3.63, 3.8) is 0 Å². The largest absolute Gasteiger partial charge is 0.375 e. The minimum Gasteiger partial charge on any atom is -0.375 e. The first-order chi connectivity index (χ1) is 15.5. The van der Waals surface area contributed by atoms with Crippen molar-refractivity contribution >= 4 is 34.5 Å². The van der Waals surface area contributed by atoms with E-state index in [-0.39, 0.29) is 18.3 Å². The minimum atomic E-state index is -0.543. The molecule has 0 saturated heterocycles. The molecule has 2 N–H and O–H groups in total. The number of halogens is 1. The average molecular weight is 451 g/mol. The number of ether oxygens (including phenoxy) is 1. The minimum absolute atomic E-state index is 0.0773. The molecule has 8 nitrogen and oxygen atoms in total. The Morgan fingerprint density at radius 2 is 1.84 bits per heavy atom. The lowest BCUT2D eigenvalue weighted by molar-refractivity contribution is -0.119.